The van der Waals surface area contributed by atoms with Gasteiger partial charge >= 0.3 is 0 Å². The first-order chi connectivity index (χ1) is 34.3. The highest BCUT2D eigenvalue weighted by molar-refractivity contribution is 7.00. The molecular weight excluding hydrogens is 831 g/mol. The summed E-state index contributed by atoms with van der Waals surface area (Å²) in [4.78, 5) is 0. The standard InChI is InChI=1S/C63H36B3N3/c1-4-18-43-35(14-1)32-38-27-29-41-52-53-42-30-28-39-33-36-15-2-5-19-44(36)65-47-22-8-10-25-50(47)68(60(42)57(39)65)62(53)63-54(61(52)67-49-24-9-7-21-46(49)64(43)56(38)59(41)67)40-17-12-23-48-58(40)69(63)51-26-11-16-37-31-34-13-3-6-20-45(34)66(48)55(37)51/h1-30H,31-33H2. The van der Waals surface area contributed by atoms with Crippen molar-refractivity contribution in [2.24, 2.45) is 0 Å². The van der Waals surface area contributed by atoms with Crippen molar-refractivity contribution in [1.82, 2.24) is 13.7 Å². The molecule has 69 heavy (non-hydrogen) atoms. The van der Waals surface area contributed by atoms with Gasteiger partial charge in [-0.25, -0.2) is 0 Å². The second-order valence-electron chi connectivity index (χ2n) is 20.9. The third kappa shape index (κ3) is 3.82. The SMILES string of the molecule is c1ccc2c(c1)Cc1ccc3c4c5c6ccc7c8c6n(c5c5c(c6cccc9c6n5-c5cccc6c5B9c5ccccc5C6)c4n4c3c1B2c1ccccc1-4)-c1ccccc1B8c1ccccc1C7. The van der Waals surface area contributed by atoms with E-state index in [1.165, 1.54) is 165 Å². The van der Waals surface area contributed by atoms with Crippen molar-refractivity contribution < 1.29 is 0 Å². The summed E-state index contributed by atoms with van der Waals surface area (Å²) in [5.74, 6) is 0. The van der Waals surface area contributed by atoms with Crippen LogP contribution in [0.2, 0.25) is 0 Å². The van der Waals surface area contributed by atoms with Gasteiger partial charge in [0.15, 0.2) is 0 Å². The van der Waals surface area contributed by atoms with Crippen LogP contribution < -0.4 is 49.2 Å². The molecule has 0 saturated heterocycles. The fraction of sp³-hybridized carbons (Fsp3) is 0.0476. The minimum Gasteiger partial charge on any atom is -0.310 e. The van der Waals surface area contributed by atoms with Crippen LogP contribution >= 0.6 is 0 Å². The maximum Gasteiger partial charge on any atom is 0.247 e. The highest BCUT2D eigenvalue weighted by Crippen LogP contribution is 2.51. The summed E-state index contributed by atoms with van der Waals surface area (Å²) in [5.41, 5.74) is 33.7. The maximum absolute atomic E-state index is 2.76. The van der Waals surface area contributed by atoms with Crippen molar-refractivity contribution >= 4 is 135 Å². The van der Waals surface area contributed by atoms with E-state index in [-0.39, 0.29) is 20.1 Å². The molecule has 0 saturated carbocycles. The highest BCUT2D eigenvalue weighted by Gasteiger charge is 2.45. The minimum atomic E-state index is 0.157. The molecule has 0 aliphatic carbocycles. The molecule has 9 heterocycles. The fourth-order valence-electron chi connectivity index (χ4n) is 15.7. The van der Waals surface area contributed by atoms with Crippen LogP contribution in [-0.2, 0) is 19.3 Å². The molecule has 0 atom stereocenters. The molecule has 0 N–H and O–H groups in total. The molecule has 13 aromatic rings. The number of hydrogen-bond donors (Lipinski definition) is 0. The van der Waals surface area contributed by atoms with Gasteiger partial charge < -0.3 is 13.7 Å². The zero-order chi connectivity index (χ0) is 44.1. The van der Waals surface area contributed by atoms with E-state index in [1.54, 1.807) is 0 Å². The van der Waals surface area contributed by atoms with E-state index < -0.39 is 0 Å². The van der Waals surface area contributed by atoms with E-state index in [0.717, 1.165) is 19.3 Å². The lowest BCUT2D eigenvalue weighted by atomic mass is 9.32. The zero-order valence-electron chi connectivity index (χ0n) is 37.5. The Kier molecular flexibility index (Phi) is 5.95. The van der Waals surface area contributed by atoms with E-state index in [0.29, 0.717) is 0 Å². The fourth-order valence-corrected chi connectivity index (χ4v) is 15.7. The van der Waals surface area contributed by atoms with Crippen LogP contribution in [0.25, 0.3) is 82.5 Å². The van der Waals surface area contributed by atoms with E-state index in [1.807, 2.05) is 0 Å². The predicted molar refractivity (Wildman–Crippen MR) is 291 cm³/mol. The Labute approximate surface area is 398 Å². The first-order valence-electron chi connectivity index (χ1n) is 24.9. The van der Waals surface area contributed by atoms with Crippen LogP contribution in [0.4, 0.5) is 0 Å². The normalized spacial score (nSPS) is 14.7. The first-order valence-corrected chi connectivity index (χ1v) is 24.9. The molecule has 0 spiro atoms. The number of benzene rings is 10. The molecule has 0 bridgehead atoms. The van der Waals surface area contributed by atoms with Crippen LogP contribution in [0.15, 0.2) is 182 Å². The highest BCUT2D eigenvalue weighted by atomic mass is 15.1. The van der Waals surface area contributed by atoms with Crippen LogP contribution in [0.5, 0.6) is 0 Å². The summed E-state index contributed by atoms with van der Waals surface area (Å²) >= 11 is 0. The number of rotatable bonds is 0. The molecule has 3 nitrogen and oxygen atoms in total. The Morgan fingerprint density at radius 2 is 0.638 bits per heavy atom. The van der Waals surface area contributed by atoms with Gasteiger partial charge in [0.25, 0.3) is 0 Å². The molecule has 0 radical (unpaired) electrons. The van der Waals surface area contributed by atoms with Crippen molar-refractivity contribution in [1.29, 1.82) is 0 Å². The quantitative estimate of drug-likeness (QED) is 0.144. The second kappa shape index (κ2) is 11.7. The lowest BCUT2D eigenvalue weighted by molar-refractivity contribution is 1.13. The topological polar surface area (TPSA) is 14.8 Å². The van der Waals surface area contributed by atoms with Crippen molar-refractivity contribution in [3.8, 4) is 17.1 Å². The van der Waals surface area contributed by atoms with Gasteiger partial charge in [-0.15, -0.1) is 0 Å². The summed E-state index contributed by atoms with van der Waals surface area (Å²) in [7, 11) is 0. The molecule has 3 aromatic heterocycles. The molecule has 19 rings (SSSR count). The number of nitrogens with zero attached hydrogens (tertiary/aromatic N) is 3. The van der Waals surface area contributed by atoms with Crippen molar-refractivity contribution in [2.45, 2.75) is 19.3 Å². The Hall–Kier alpha value is -8.21. The average Bonchev–Trinajstić information content (AvgIpc) is 4.06. The van der Waals surface area contributed by atoms with E-state index >= 15 is 0 Å². The number of aromatic nitrogens is 3. The van der Waals surface area contributed by atoms with Crippen molar-refractivity contribution in [2.75, 3.05) is 0 Å². The molecule has 0 amide bonds. The van der Waals surface area contributed by atoms with Gasteiger partial charge in [0.05, 0.1) is 16.6 Å². The van der Waals surface area contributed by atoms with E-state index in [4.69, 9.17) is 0 Å². The monoisotopic (exact) mass is 867 g/mol. The molecule has 10 aromatic carbocycles. The van der Waals surface area contributed by atoms with Crippen LogP contribution in [0, 0.1) is 0 Å². The first kappa shape index (κ1) is 35.0. The van der Waals surface area contributed by atoms with Gasteiger partial charge in [-0.2, -0.15) is 0 Å². The third-order valence-electron chi connectivity index (χ3n) is 18.1. The Bertz CT molecular complexity index is 4680. The second-order valence-corrected chi connectivity index (χ2v) is 20.9. The largest absolute Gasteiger partial charge is 0.310 e. The van der Waals surface area contributed by atoms with Gasteiger partial charge in [-0.3, -0.25) is 0 Å². The number of fused-ring (bicyclic) bond motifs is 26. The van der Waals surface area contributed by atoms with Gasteiger partial charge in [0.2, 0.25) is 20.1 Å². The molecule has 6 aliphatic rings. The molecule has 0 unspecified atom stereocenters. The predicted octanol–water partition coefficient (Wildman–Crippen LogP) is 7.18. The summed E-state index contributed by atoms with van der Waals surface area (Å²) < 4.78 is 8.28. The van der Waals surface area contributed by atoms with Gasteiger partial charge in [0, 0.05) is 65.9 Å². The number of para-hydroxylation sites is 3. The summed E-state index contributed by atoms with van der Waals surface area (Å²) in [6, 6.07) is 71.1. The van der Waals surface area contributed by atoms with E-state index in [9.17, 15) is 0 Å². The van der Waals surface area contributed by atoms with Crippen LogP contribution in [-0.4, -0.2) is 33.8 Å². The maximum atomic E-state index is 2.76. The smallest absolute Gasteiger partial charge is 0.247 e. The molecule has 6 aliphatic heterocycles. The molecule has 312 valence electrons. The van der Waals surface area contributed by atoms with Crippen molar-refractivity contribution in [3.63, 3.8) is 0 Å². The van der Waals surface area contributed by atoms with Crippen LogP contribution in [0.3, 0.4) is 0 Å². The Morgan fingerprint density at radius 1 is 0.246 bits per heavy atom. The summed E-state index contributed by atoms with van der Waals surface area (Å²) in [6.45, 7) is 0.483. The molecular formula is C63H36B3N3. The summed E-state index contributed by atoms with van der Waals surface area (Å²) in [5, 5.41) is 8.16. The average molecular weight is 867 g/mol. The van der Waals surface area contributed by atoms with E-state index in [2.05, 4.69) is 196 Å². The van der Waals surface area contributed by atoms with Gasteiger partial charge in [-0.1, -0.05) is 180 Å². The minimum absolute atomic E-state index is 0.157. The van der Waals surface area contributed by atoms with Crippen molar-refractivity contribution in [3.05, 3.63) is 215 Å². The number of hydrogen-bond acceptors (Lipinski definition) is 0. The Balaban J connectivity index is 1.11. The molecule has 6 heteroatoms. The van der Waals surface area contributed by atoms with Crippen LogP contribution in [0.1, 0.15) is 33.4 Å². The lowest BCUT2D eigenvalue weighted by Crippen LogP contribution is -2.60. The molecule has 0 fully saturated rings. The lowest BCUT2D eigenvalue weighted by Gasteiger charge is -2.34. The van der Waals surface area contributed by atoms with Gasteiger partial charge in [0.1, 0.15) is 0 Å². The third-order valence-corrected chi connectivity index (χ3v) is 18.1. The zero-order valence-corrected chi connectivity index (χ0v) is 37.5. The summed E-state index contributed by atoms with van der Waals surface area (Å²) in [6.07, 6.45) is 2.84. The van der Waals surface area contributed by atoms with Gasteiger partial charge in [-0.05, 0) is 104 Å². The Morgan fingerprint density at radius 3 is 1.23 bits per heavy atom.